The Morgan fingerprint density at radius 1 is 1.20 bits per heavy atom. The second kappa shape index (κ2) is 6.55. The number of benzene rings is 1. The third-order valence-corrected chi connectivity index (χ3v) is 3.94. The van der Waals surface area contributed by atoms with E-state index in [1.54, 1.807) is 0 Å². The van der Waals surface area contributed by atoms with Crippen LogP contribution in [0.2, 0.25) is 0 Å². The molecule has 0 spiro atoms. The summed E-state index contributed by atoms with van der Waals surface area (Å²) in [5, 5.41) is 11.9. The molecule has 1 aromatic carbocycles. The third kappa shape index (κ3) is 3.83. The molecule has 0 heterocycles. The molecule has 0 radical (unpaired) electrons. The number of aliphatic carboxylic acids is 1. The monoisotopic (exact) mass is 275 g/mol. The molecule has 108 valence electrons. The highest BCUT2D eigenvalue weighted by Crippen LogP contribution is 2.25. The molecule has 2 rings (SSSR count). The minimum atomic E-state index is -0.753. The van der Waals surface area contributed by atoms with Gasteiger partial charge in [-0.25, -0.2) is 0 Å². The predicted octanol–water partition coefficient (Wildman–Crippen LogP) is 2.16. The highest BCUT2D eigenvalue weighted by Gasteiger charge is 2.30. The van der Waals surface area contributed by atoms with Gasteiger partial charge in [0.1, 0.15) is 0 Å². The van der Waals surface area contributed by atoms with Gasteiger partial charge in [-0.2, -0.15) is 0 Å². The van der Waals surface area contributed by atoms with Crippen LogP contribution in [0.1, 0.15) is 37.3 Å². The van der Waals surface area contributed by atoms with Crippen molar-refractivity contribution in [2.75, 3.05) is 0 Å². The molecule has 2 atom stereocenters. The summed E-state index contributed by atoms with van der Waals surface area (Å²) >= 11 is 0. The molecular weight excluding hydrogens is 254 g/mol. The van der Waals surface area contributed by atoms with Gasteiger partial charge in [0.15, 0.2) is 0 Å². The SMILES string of the molecule is CCc1ccc(CC(=O)N[C@@H]2CC[C@H](C(=O)O)C2)cc1. The number of carbonyl (C=O) groups is 2. The maximum Gasteiger partial charge on any atom is 0.306 e. The Hall–Kier alpha value is -1.84. The molecule has 1 aromatic rings. The van der Waals surface area contributed by atoms with Crippen molar-refractivity contribution < 1.29 is 14.7 Å². The lowest BCUT2D eigenvalue weighted by Gasteiger charge is -2.12. The maximum atomic E-state index is 11.9. The number of hydrogen-bond acceptors (Lipinski definition) is 2. The van der Waals surface area contributed by atoms with Crippen LogP contribution in [-0.4, -0.2) is 23.0 Å². The molecule has 4 heteroatoms. The van der Waals surface area contributed by atoms with Crippen LogP contribution in [0.4, 0.5) is 0 Å². The van der Waals surface area contributed by atoms with Crippen LogP contribution in [0.25, 0.3) is 0 Å². The zero-order chi connectivity index (χ0) is 14.5. The Morgan fingerprint density at radius 2 is 1.85 bits per heavy atom. The predicted molar refractivity (Wildman–Crippen MR) is 76.4 cm³/mol. The Balaban J connectivity index is 1.82. The van der Waals surface area contributed by atoms with E-state index in [-0.39, 0.29) is 17.9 Å². The van der Waals surface area contributed by atoms with Crippen molar-refractivity contribution in [2.45, 2.75) is 45.1 Å². The number of carboxylic acid groups (broad SMARTS) is 1. The summed E-state index contributed by atoms with van der Waals surface area (Å²) in [5.74, 6) is -1.08. The van der Waals surface area contributed by atoms with Gasteiger partial charge in [0.2, 0.25) is 5.91 Å². The first-order chi connectivity index (χ1) is 9.58. The van der Waals surface area contributed by atoms with Crippen LogP contribution < -0.4 is 5.32 Å². The molecule has 0 saturated heterocycles. The van der Waals surface area contributed by atoms with E-state index < -0.39 is 5.97 Å². The first-order valence-electron chi connectivity index (χ1n) is 7.18. The number of rotatable bonds is 5. The van der Waals surface area contributed by atoms with Crippen molar-refractivity contribution in [1.82, 2.24) is 5.32 Å². The number of carbonyl (C=O) groups excluding carboxylic acids is 1. The number of aryl methyl sites for hydroxylation is 1. The third-order valence-electron chi connectivity index (χ3n) is 3.94. The van der Waals surface area contributed by atoms with Gasteiger partial charge in [0.25, 0.3) is 0 Å². The molecule has 20 heavy (non-hydrogen) atoms. The van der Waals surface area contributed by atoms with E-state index in [0.717, 1.165) is 18.4 Å². The Morgan fingerprint density at radius 3 is 2.40 bits per heavy atom. The van der Waals surface area contributed by atoms with Crippen LogP contribution in [0, 0.1) is 5.92 Å². The van der Waals surface area contributed by atoms with E-state index in [0.29, 0.717) is 19.3 Å². The minimum absolute atomic E-state index is 0.0125. The van der Waals surface area contributed by atoms with Gasteiger partial charge in [-0.1, -0.05) is 31.2 Å². The Bertz CT molecular complexity index is 481. The van der Waals surface area contributed by atoms with Crippen LogP contribution in [0.15, 0.2) is 24.3 Å². The molecular formula is C16H21NO3. The largest absolute Gasteiger partial charge is 0.481 e. The lowest BCUT2D eigenvalue weighted by Crippen LogP contribution is -2.34. The normalized spacial score (nSPS) is 21.6. The molecule has 0 bridgehead atoms. The molecule has 2 N–H and O–H groups in total. The van der Waals surface area contributed by atoms with Gasteiger partial charge in [-0.3, -0.25) is 9.59 Å². The van der Waals surface area contributed by atoms with Crippen molar-refractivity contribution in [3.8, 4) is 0 Å². The molecule has 1 amide bonds. The van der Waals surface area contributed by atoms with Crippen LogP contribution in [0.5, 0.6) is 0 Å². The fourth-order valence-electron chi connectivity index (χ4n) is 2.69. The summed E-state index contributed by atoms with van der Waals surface area (Å²) in [6.07, 6.45) is 3.32. The van der Waals surface area contributed by atoms with E-state index in [1.807, 2.05) is 24.3 Å². The van der Waals surface area contributed by atoms with Gasteiger partial charge in [-0.05, 0) is 36.8 Å². The summed E-state index contributed by atoms with van der Waals surface area (Å²) < 4.78 is 0. The van der Waals surface area contributed by atoms with Gasteiger partial charge in [0, 0.05) is 6.04 Å². The first-order valence-corrected chi connectivity index (χ1v) is 7.18. The van der Waals surface area contributed by atoms with Crippen molar-refractivity contribution >= 4 is 11.9 Å². The molecule has 1 saturated carbocycles. The quantitative estimate of drug-likeness (QED) is 0.865. The topological polar surface area (TPSA) is 66.4 Å². The average molecular weight is 275 g/mol. The van der Waals surface area contributed by atoms with Crippen LogP contribution in [-0.2, 0) is 22.4 Å². The van der Waals surface area contributed by atoms with E-state index in [1.165, 1.54) is 5.56 Å². The zero-order valence-corrected chi connectivity index (χ0v) is 11.8. The second-order valence-electron chi connectivity index (χ2n) is 5.46. The smallest absolute Gasteiger partial charge is 0.306 e. The van der Waals surface area contributed by atoms with Gasteiger partial charge >= 0.3 is 5.97 Å². The Kier molecular flexibility index (Phi) is 4.77. The van der Waals surface area contributed by atoms with E-state index >= 15 is 0 Å². The zero-order valence-electron chi connectivity index (χ0n) is 11.8. The lowest BCUT2D eigenvalue weighted by atomic mass is 10.1. The van der Waals surface area contributed by atoms with Crippen molar-refractivity contribution in [3.05, 3.63) is 35.4 Å². The fourth-order valence-corrected chi connectivity index (χ4v) is 2.69. The van der Waals surface area contributed by atoms with Crippen LogP contribution in [0.3, 0.4) is 0 Å². The van der Waals surface area contributed by atoms with Crippen LogP contribution >= 0.6 is 0 Å². The number of nitrogens with one attached hydrogen (secondary N) is 1. The fraction of sp³-hybridized carbons (Fsp3) is 0.500. The molecule has 1 fully saturated rings. The van der Waals surface area contributed by atoms with Gasteiger partial charge in [0.05, 0.1) is 12.3 Å². The van der Waals surface area contributed by atoms with Gasteiger partial charge < -0.3 is 10.4 Å². The average Bonchev–Trinajstić information content (AvgIpc) is 2.88. The van der Waals surface area contributed by atoms with Crippen molar-refractivity contribution in [3.63, 3.8) is 0 Å². The summed E-state index contributed by atoms with van der Waals surface area (Å²) in [4.78, 5) is 22.8. The Labute approximate surface area is 119 Å². The molecule has 1 aliphatic rings. The highest BCUT2D eigenvalue weighted by atomic mass is 16.4. The second-order valence-corrected chi connectivity index (χ2v) is 5.46. The van der Waals surface area contributed by atoms with E-state index in [4.69, 9.17) is 5.11 Å². The summed E-state index contributed by atoms with van der Waals surface area (Å²) in [7, 11) is 0. The van der Waals surface area contributed by atoms with E-state index in [2.05, 4.69) is 12.2 Å². The van der Waals surface area contributed by atoms with E-state index in [9.17, 15) is 9.59 Å². The highest BCUT2D eigenvalue weighted by molar-refractivity contribution is 5.79. The molecule has 0 aromatic heterocycles. The standard InChI is InChI=1S/C16H21NO3/c1-2-11-3-5-12(6-4-11)9-15(18)17-14-8-7-13(10-14)16(19)20/h3-6,13-14H,2,7-10H2,1H3,(H,17,18)(H,19,20)/t13-,14+/m0/s1. The minimum Gasteiger partial charge on any atom is -0.481 e. The first kappa shape index (κ1) is 14.6. The van der Waals surface area contributed by atoms with Crippen molar-refractivity contribution in [2.24, 2.45) is 5.92 Å². The summed E-state index contributed by atoms with van der Waals surface area (Å²) in [5.41, 5.74) is 2.25. The summed E-state index contributed by atoms with van der Waals surface area (Å²) in [6, 6.07) is 8.05. The van der Waals surface area contributed by atoms with Gasteiger partial charge in [-0.15, -0.1) is 0 Å². The molecule has 0 unspecified atom stereocenters. The molecule has 1 aliphatic carbocycles. The number of hydrogen-bond donors (Lipinski definition) is 2. The lowest BCUT2D eigenvalue weighted by molar-refractivity contribution is -0.141. The molecule has 0 aliphatic heterocycles. The molecule has 4 nitrogen and oxygen atoms in total. The summed E-state index contributed by atoms with van der Waals surface area (Å²) in [6.45, 7) is 2.10. The van der Waals surface area contributed by atoms with Crippen molar-refractivity contribution in [1.29, 1.82) is 0 Å². The number of amides is 1. The number of carboxylic acids is 1. The maximum absolute atomic E-state index is 11.9.